The number of hydrogen-bond acceptors (Lipinski definition) is 4. The maximum absolute atomic E-state index is 11.8. The van der Waals surface area contributed by atoms with Gasteiger partial charge in [0.25, 0.3) is 11.8 Å². The standard InChI is InChI=1S/C16H20N2O4/c1-11(15(20)18-13-7-8-13)22-14(19)9-10-17-16(21)12-5-3-2-4-6-12/h2-6,11,13H,7-10H2,1H3,(H,17,21)(H,18,20)/t11-/m1/s1. The van der Waals surface area contributed by atoms with Crippen LogP contribution >= 0.6 is 0 Å². The molecule has 1 aromatic rings. The van der Waals surface area contributed by atoms with E-state index >= 15 is 0 Å². The molecule has 2 rings (SSSR count). The van der Waals surface area contributed by atoms with Crippen molar-refractivity contribution in [3.63, 3.8) is 0 Å². The van der Waals surface area contributed by atoms with Crippen LogP contribution in [0.25, 0.3) is 0 Å². The van der Waals surface area contributed by atoms with Gasteiger partial charge in [0.2, 0.25) is 0 Å². The summed E-state index contributed by atoms with van der Waals surface area (Å²) in [4.78, 5) is 35.0. The molecular formula is C16H20N2O4. The van der Waals surface area contributed by atoms with Crippen molar-refractivity contribution in [2.45, 2.75) is 38.3 Å². The third-order valence-corrected chi connectivity index (χ3v) is 3.25. The molecule has 2 N–H and O–H groups in total. The van der Waals surface area contributed by atoms with Crippen LogP contribution in [0.3, 0.4) is 0 Å². The summed E-state index contributed by atoms with van der Waals surface area (Å²) in [6, 6.07) is 8.98. The Morgan fingerprint density at radius 3 is 2.55 bits per heavy atom. The normalized spacial score (nSPS) is 14.8. The van der Waals surface area contributed by atoms with Gasteiger partial charge in [-0.25, -0.2) is 0 Å². The number of nitrogens with one attached hydrogen (secondary N) is 2. The summed E-state index contributed by atoms with van der Waals surface area (Å²) in [5, 5.41) is 5.40. The number of carbonyl (C=O) groups excluding carboxylic acids is 3. The maximum atomic E-state index is 11.8. The van der Waals surface area contributed by atoms with Crippen molar-refractivity contribution in [3.8, 4) is 0 Å². The van der Waals surface area contributed by atoms with Gasteiger partial charge in [-0.15, -0.1) is 0 Å². The Morgan fingerprint density at radius 2 is 1.91 bits per heavy atom. The molecule has 2 amide bonds. The molecule has 0 spiro atoms. The fourth-order valence-electron chi connectivity index (χ4n) is 1.83. The average molecular weight is 304 g/mol. The van der Waals surface area contributed by atoms with Crippen molar-refractivity contribution in [1.82, 2.24) is 10.6 Å². The Balaban J connectivity index is 1.64. The van der Waals surface area contributed by atoms with Crippen molar-refractivity contribution < 1.29 is 19.1 Å². The van der Waals surface area contributed by atoms with E-state index in [0.717, 1.165) is 12.8 Å². The minimum absolute atomic E-state index is 0.0274. The molecule has 0 aromatic heterocycles. The maximum Gasteiger partial charge on any atom is 0.308 e. The van der Waals surface area contributed by atoms with Crippen LogP contribution in [0.1, 0.15) is 36.5 Å². The van der Waals surface area contributed by atoms with Crippen LogP contribution in [0.4, 0.5) is 0 Å². The fourth-order valence-corrected chi connectivity index (χ4v) is 1.83. The van der Waals surface area contributed by atoms with Crippen LogP contribution in [0.5, 0.6) is 0 Å². The first-order chi connectivity index (χ1) is 10.6. The SMILES string of the molecule is C[C@@H](OC(=O)CCNC(=O)c1ccccc1)C(=O)NC1CC1. The molecule has 0 aliphatic heterocycles. The number of esters is 1. The van der Waals surface area contributed by atoms with E-state index in [1.54, 1.807) is 24.3 Å². The summed E-state index contributed by atoms with van der Waals surface area (Å²) in [5.74, 6) is -1.02. The highest BCUT2D eigenvalue weighted by Crippen LogP contribution is 2.18. The van der Waals surface area contributed by atoms with Gasteiger partial charge in [0, 0.05) is 18.2 Å². The Bertz CT molecular complexity index is 540. The van der Waals surface area contributed by atoms with E-state index in [9.17, 15) is 14.4 Å². The number of amides is 2. The van der Waals surface area contributed by atoms with Crippen LogP contribution in [0.15, 0.2) is 30.3 Å². The van der Waals surface area contributed by atoms with Crippen LogP contribution in [-0.2, 0) is 14.3 Å². The Labute approximate surface area is 129 Å². The number of carbonyl (C=O) groups is 3. The second kappa shape index (κ2) is 7.59. The third-order valence-electron chi connectivity index (χ3n) is 3.25. The van der Waals surface area contributed by atoms with Crippen molar-refractivity contribution in [2.75, 3.05) is 6.54 Å². The van der Waals surface area contributed by atoms with Gasteiger partial charge in [0.15, 0.2) is 6.10 Å². The van der Waals surface area contributed by atoms with Crippen LogP contribution in [0, 0.1) is 0 Å². The minimum atomic E-state index is -0.807. The zero-order valence-electron chi connectivity index (χ0n) is 12.5. The molecule has 1 aliphatic rings. The molecule has 1 aliphatic carbocycles. The molecule has 118 valence electrons. The average Bonchev–Trinajstić information content (AvgIpc) is 3.31. The number of ether oxygens (including phenoxy) is 1. The number of rotatable bonds is 7. The lowest BCUT2D eigenvalue weighted by Crippen LogP contribution is -2.37. The van der Waals surface area contributed by atoms with E-state index < -0.39 is 12.1 Å². The van der Waals surface area contributed by atoms with Gasteiger partial charge in [-0.05, 0) is 31.9 Å². The van der Waals surface area contributed by atoms with Gasteiger partial charge in [-0.1, -0.05) is 18.2 Å². The van der Waals surface area contributed by atoms with Gasteiger partial charge < -0.3 is 15.4 Å². The topological polar surface area (TPSA) is 84.5 Å². The van der Waals surface area contributed by atoms with Gasteiger partial charge in [-0.2, -0.15) is 0 Å². The highest BCUT2D eigenvalue weighted by Gasteiger charge is 2.27. The summed E-state index contributed by atoms with van der Waals surface area (Å²) < 4.78 is 5.03. The van der Waals surface area contributed by atoms with Gasteiger partial charge in [0.1, 0.15) is 0 Å². The van der Waals surface area contributed by atoms with E-state index in [1.807, 2.05) is 6.07 Å². The molecule has 1 fully saturated rings. The largest absolute Gasteiger partial charge is 0.452 e. The van der Waals surface area contributed by atoms with Crippen molar-refractivity contribution >= 4 is 17.8 Å². The fraction of sp³-hybridized carbons (Fsp3) is 0.438. The molecule has 0 heterocycles. The molecule has 0 saturated heterocycles. The Hall–Kier alpha value is -2.37. The van der Waals surface area contributed by atoms with E-state index in [2.05, 4.69) is 10.6 Å². The van der Waals surface area contributed by atoms with E-state index in [4.69, 9.17) is 4.74 Å². The van der Waals surface area contributed by atoms with Crippen molar-refractivity contribution in [1.29, 1.82) is 0 Å². The molecule has 6 heteroatoms. The lowest BCUT2D eigenvalue weighted by atomic mass is 10.2. The van der Waals surface area contributed by atoms with E-state index in [1.165, 1.54) is 6.92 Å². The van der Waals surface area contributed by atoms with Crippen LogP contribution < -0.4 is 10.6 Å². The molecule has 1 saturated carbocycles. The Kier molecular flexibility index (Phi) is 5.52. The zero-order chi connectivity index (χ0) is 15.9. The van der Waals surface area contributed by atoms with Gasteiger partial charge in [0.05, 0.1) is 6.42 Å². The molecular weight excluding hydrogens is 284 g/mol. The second-order valence-corrected chi connectivity index (χ2v) is 5.29. The second-order valence-electron chi connectivity index (χ2n) is 5.29. The van der Waals surface area contributed by atoms with Crippen molar-refractivity contribution in [2.24, 2.45) is 0 Å². The molecule has 22 heavy (non-hydrogen) atoms. The summed E-state index contributed by atoms with van der Waals surface area (Å²) in [6.45, 7) is 1.71. The number of benzene rings is 1. The quantitative estimate of drug-likeness (QED) is 0.737. The Morgan fingerprint density at radius 1 is 1.23 bits per heavy atom. The predicted octanol–water partition coefficient (Wildman–Crippen LogP) is 1.02. The summed E-state index contributed by atoms with van der Waals surface area (Å²) in [7, 11) is 0. The molecule has 0 radical (unpaired) electrons. The van der Waals surface area contributed by atoms with Gasteiger partial charge in [-0.3, -0.25) is 14.4 Å². The lowest BCUT2D eigenvalue weighted by molar-refractivity contribution is -0.154. The van der Waals surface area contributed by atoms with E-state index in [-0.39, 0.29) is 30.8 Å². The van der Waals surface area contributed by atoms with Gasteiger partial charge >= 0.3 is 5.97 Å². The highest BCUT2D eigenvalue weighted by atomic mass is 16.5. The van der Waals surface area contributed by atoms with Crippen LogP contribution in [-0.4, -0.2) is 36.5 Å². The summed E-state index contributed by atoms with van der Waals surface area (Å²) >= 11 is 0. The molecule has 6 nitrogen and oxygen atoms in total. The monoisotopic (exact) mass is 304 g/mol. The minimum Gasteiger partial charge on any atom is -0.452 e. The molecule has 0 unspecified atom stereocenters. The third kappa shape index (κ3) is 5.20. The first-order valence-electron chi connectivity index (χ1n) is 7.39. The lowest BCUT2D eigenvalue weighted by Gasteiger charge is -2.13. The first-order valence-corrected chi connectivity index (χ1v) is 7.39. The first kappa shape index (κ1) is 16.0. The van der Waals surface area contributed by atoms with Crippen molar-refractivity contribution in [3.05, 3.63) is 35.9 Å². The molecule has 1 atom stereocenters. The summed E-state index contributed by atoms with van der Waals surface area (Å²) in [5.41, 5.74) is 0.535. The van der Waals surface area contributed by atoms with Crippen LogP contribution in [0.2, 0.25) is 0 Å². The molecule has 0 bridgehead atoms. The predicted molar refractivity (Wildman–Crippen MR) is 80.1 cm³/mol. The smallest absolute Gasteiger partial charge is 0.308 e. The zero-order valence-corrected chi connectivity index (χ0v) is 12.5. The summed E-state index contributed by atoms with van der Waals surface area (Å²) in [6.07, 6.45) is 1.19. The highest BCUT2D eigenvalue weighted by molar-refractivity contribution is 5.94. The number of hydrogen-bond donors (Lipinski definition) is 2. The molecule has 1 aromatic carbocycles. The van der Waals surface area contributed by atoms with E-state index in [0.29, 0.717) is 5.56 Å².